The first-order valence-electron chi connectivity index (χ1n) is 9.30. The zero-order valence-corrected chi connectivity index (χ0v) is 15.9. The monoisotopic (exact) mass is 370 g/mol. The van der Waals surface area contributed by atoms with Gasteiger partial charge in [0.25, 0.3) is 5.91 Å². The van der Waals surface area contributed by atoms with Gasteiger partial charge >= 0.3 is 0 Å². The molecule has 2 aromatic rings. The topological polar surface area (TPSA) is 63.0 Å². The number of hydrogen-bond donors (Lipinski definition) is 0. The highest BCUT2D eigenvalue weighted by Gasteiger charge is 2.29. The summed E-state index contributed by atoms with van der Waals surface area (Å²) in [6.07, 6.45) is 4.33. The van der Waals surface area contributed by atoms with Gasteiger partial charge in [0.05, 0.1) is 18.4 Å². The zero-order chi connectivity index (χ0) is 19.2. The average molecular weight is 370 g/mol. The van der Waals surface area contributed by atoms with Crippen LogP contribution < -0.4 is 4.74 Å². The number of furan rings is 1. The number of ether oxygens (including phenoxy) is 1. The molecule has 2 heterocycles. The molecule has 27 heavy (non-hydrogen) atoms. The molecule has 0 spiro atoms. The molecule has 6 heteroatoms. The third kappa shape index (κ3) is 4.90. The van der Waals surface area contributed by atoms with E-state index < -0.39 is 0 Å². The zero-order valence-electron chi connectivity index (χ0n) is 15.9. The molecule has 0 atom stereocenters. The van der Waals surface area contributed by atoms with Crippen LogP contribution in [0.15, 0.2) is 47.3 Å². The van der Waals surface area contributed by atoms with Crippen molar-refractivity contribution in [2.24, 2.45) is 5.92 Å². The Bertz CT molecular complexity index is 764. The Balaban J connectivity index is 1.42. The van der Waals surface area contributed by atoms with Gasteiger partial charge in [-0.3, -0.25) is 9.59 Å². The first-order chi connectivity index (χ1) is 13.0. The Morgan fingerprint density at radius 3 is 2.70 bits per heavy atom. The summed E-state index contributed by atoms with van der Waals surface area (Å²) in [5, 5.41) is 0. The molecule has 144 valence electrons. The maximum absolute atomic E-state index is 12.7. The van der Waals surface area contributed by atoms with Crippen molar-refractivity contribution in [1.82, 2.24) is 9.80 Å². The highest BCUT2D eigenvalue weighted by atomic mass is 16.5. The van der Waals surface area contributed by atoms with Crippen molar-refractivity contribution in [1.29, 1.82) is 0 Å². The van der Waals surface area contributed by atoms with E-state index in [1.807, 2.05) is 38.2 Å². The van der Waals surface area contributed by atoms with Gasteiger partial charge in [0.15, 0.2) is 0 Å². The molecule has 3 rings (SSSR count). The highest BCUT2D eigenvalue weighted by molar-refractivity contribution is 5.94. The maximum Gasteiger partial charge on any atom is 0.257 e. The summed E-state index contributed by atoms with van der Waals surface area (Å²) in [6.45, 7) is 4.21. The summed E-state index contributed by atoms with van der Waals surface area (Å²) >= 11 is 0. The first kappa shape index (κ1) is 19.0. The van der Waals surface area contributed by atoms with Crippen LogP contribution in [0.3, 0.4) is 0 Å². The van der Waals surface area contributed by atoms with Gasteiger partial charge in [0.1, 0.15) is 18.6 Å². The van der Waals surface area contributed by atoms with Crippen LogP contribution in [-0.2, 0) is 4.79 Å². The van der Waals surface area contributed by atoms with Gasteiger partial charge in [0.2, 0.25) is 5.91 Å². The smallest absolute Gasteiger partial charge is 0.257 e. The minimum Gasteiger partial charge on any atom is -0.492 e. The summed E-state index contributed by atoms with van der Waals surface area (Å²) in [4.78, 5) is 28.5. The van der Waals surface area contributed by atoms with Crippen LogP contribution in [0.5, 0.6) is 5.75 Å². The number of hydrogen-bond acceptors (Lipinski definition) is 4. The van der Waals surface area contributed by atoms with Gasteiger partial charge in [-0.2, -0.15) is 0 Å². The Kier molecular flexibility index (Phi) is 6.16. The number of carbonyl (C=O) groups excluding carboxylic acids is 2. The van der Waals surface area contributed by atoms with Crippen molar-refractivity contribution in [3.8, 4) is 5.75 Å². The third-order valence-corrected chi connectivity index (χ3v) is 4.96. The second kappa shape index (κ2) is 8.75. The lowest BCUT2D eigenvalue weighted by Crippen LogP contribution is -2.44. The van der Waals surface area contributed by atoms with Gasteiger partial charge in [-0.05, 0) is 43.5 Å². The molecule has 1 aliphatic heterocycles. The van der Waals surface area contributed by atoms with Crippen molar-refractivity contribution in [3.05, 3.63) is 54.0 Å². The van der Waals surface area contributed by atoms with Gasteiger partial charge in [-0.25, -0.2) is 0 Å². The second-order valence-corrected chi connectivity index (χ2v) is 7.00. The van der Waals surface area contributed by atoms with Crippen molar-refractivity contribution in [2.75, 3.05) is 33.3 Å². The Morgan fingerprint density at radius 1 is 1.26 bits per heavy atom. The number of piperidine rings is 1. The van der Waals surface area contributed by atoms with Crippen LogP contribution in [0.4, 0.5) is 0 Å². The molecule has 0 N–H and O–H groups in total. The fourth-order valence-corrected chi connectivity index (χ4v) is 3.33. The standard InChI is InChI=1S/C21H26N2O4/c1-16-4-3-5-19(14-16)27-13-11-22(2)20(24)17-6-9-23(10-7-17)21(25)18-8-12-26-15-18/h3-5,8,12,14-15,17H,6-7,9-11,13H2,1-2H3. The number of nitrogens with zero attached hydrogens (tertiary/aromatic N) is 2. The van der Waals surface area contributed by atoms with E-state index in [0.29, 0.717) is 44.6 Å². The molecular formula is C21H26N2O4. The number of likely N-dealkylation sites (tertiary alicyclic amines) is 1. The van der Waals surface area contributed by atoms with E-state index in [4.69, 9.17) is 9.15 Å². The third-order valence-electron chi connectivity index (χ3n) is 4.96. The highest BCUT2D eigenvalue weighted by Crippen LogP contribution is 2.21. The Labute approximate surface area is 159 Å². The van der Waals surface area contributed by atoms with Gasteiger partial charge in [-0.15, -0.1) is 0 Å². The van der Waals surface area contributed by atoms with Crippen molar-refractivity contribution < 1.29 is 18.7 Å². The fraction of sp³-hybridized carbons (Fsp3) is 0.429. The fourth-order valence-electron chi connectivity index (χ4n) is 3.33. The normalized spacial score (nSPS) is 14.8. The molecule has 0 unspecified atom stereocenters. The van der Waals surface area contributed by atoms with Crippen LogP contribution in [-0.4, -0.2) is 54.9 Å². The summed E-state index contributed by atoms with van der Waals surface area (Å²) < 4.78 is 10.7. The number of carbonyl (C=O) groups is 2. The molecule has 6 nitrogen and oxygen atoms in total. The second-order valence-electron chi connectivity index (χ2n) is 7.00. The summed E-state index contributed by atoms with van der Waals surface area (Å²) in [6, 6.07) is 9.54. The molecule has 0 bridgehead atoms. The number of likely N-dealkylation sites (N-methyl/N-ethyl adjacent to an activating group) is 1. The number of rotatable bonds is 6. The molecule has 0 saturated carbocycles. The maximum atomic E-state index is 12.7. The lowest BCUT2D eigenvalue weighted by Gasteiger charge is -2.33. The van der Waals surface area contributed by atoms with Crippen LogP contribution >= 0.6 is 0 Å². The Hall–Kier alpha value is -2.76. The molecule has 0 aliphatic carbocycles. The summed E-state index contributed by atoms with van der Waals surface area (Å²) in [7, 11) is 1.81. The largest absolute Gasteiger partial charge is 0.492 e. The van der Waals surface area contributed by atoms with Crippen molar-refractivity contribution in [2.45, 2.75) is 19.8 Å². The predicted octanol–water partition coefficient (Wildman–Crippen LogP) is 2.98. The van der Waals surface area contributed by atoms with E-state index in [2.05, 4.69) is 0 Å². The summed E-state index contributed by atoms with van der Waals surface area (Å²) in [5.41, 5.74) is 1.71. The van der Waals surface area contributed by atoms with Crippen LogP contribution in [0, 0.1) is 12.8 Å². The number of benzene rings is 1. The first-order valence-corrected chi connectivity index (χ1v) is 9.30. The van der Waals surface area contributed by atoms with Crippen LogP contribution in [0.25, 0.3) is 0 Å². The Morgan fingerprint density at radius 2 is 2.04 bits per heavy atom. The SMILES string of the molecule is Cc1cccc(OCCN(C)C(=O)C2CCN(C(=O)c3ccoc3)CC2)c1. The van der Waals surface area contributed by atoms with Crippen LogP contribution in [0.1, 0.15) is 28.8 Å². The van der Waals surface area contributed by atoms with E-state index in [9.17, 15) is 9.59 Å². The number of aryl methyl sites for hydroxylation is 1. The van der Waals surface area contributed by atoms with Gasteiger partial charge < -0.3 is 19.0 Å². The minimum absolute atomic E-state index is 0.0328. The molecule has 1 aliphatic rings. The molecule has 0 radical (unpaired) electrons. The number of amides is 2. The lowest BCUT2D eigenvalue weighted by atomic mass is 9.95. The van der Waals surface area contributed by atoms with Crippen LogP contribution in [0.2, 0.25) is 0 Å². The van der Waals surface area contributed by atoms with Gasteiger partial charge in [0, 0.05) is 26.1 Å². The molecule has 1 aromatic carbocycles. The molecule has 1 saturated heterocycles. The van der Waals surface area contributed by atoms with Gasteiger partial charge in [-0.1, -0.05) is 12.1 Å². The molecule has 1 aromatic heterocycles. The van der Waals surface area contributed by atoms with Crippen molar-refractivity contribution in [3.63, 3.8) is 0 Å². The molecular weight excluding hydrogens is 344 g/mol. The van der Waals surface area contributed by atoms with E-state index in [1.165, 1.54) is 12.5 Å². The lowest BCUT2D eigenvalue weighted by molar-refractivity contribution is -0.135. The van der Waals surface area contributed by atoms with E-state index in [-0.39, 0.29) is 17.7 Å². The molecule has 2 amide bonds. The quantitative estimate of drug-likeness (QED) is 0.784. The van der Waals surface area contributed by atoms with E-state index in [1.54, 1.807) is 15.9 Å². The van der Waals surface area contributed by atoms with E-state index in [0.717, 1.165) is 11.3 Å². The van der Waals surface area contributed by atoms with E-state index >= 15 is 0 Å². The molecule has 1 fully saturated rings. The average Bonchev–Trinajstić information content (AvgIpc) is 3.22. The summed E-state index contributed by atoms with van der Waals surface area (Å²) in [5.74, 6) is 0.872. The minimum atomic E-state index is -0.0395. The predicted molar refractivity (Wildman–Crippen MR) is 102 cm³/mol. The van der Waals surface area contributed by atoms with Crippen molar-refractivity contribution >= 4 is 11.8 Å².